The molecule has 130 valence electrons. The third-order valence-corrected chi connectivity index (χ3v) is 4.63. The van der Waals surface area contributed by atoms with Gasteiger partial charge in [0.25, 0.3) is 0 Å². The van der Waals surface area contributed by atoms with E-state index in [4.69, 9.17) is 0 Å². The van der Waals surface area contributed by atoms with Crippen molar-refractivity contribution in [2.45, 2.75) is 6.92 Å². The van der Waals surface area contributed by atoms with Gasteiger partial charge in [-0.25, -0.2) is 0 Å². The van der Waals surface area contributed by atoms with Crippen LogP contribution < -0.4 is 0 Å². The van der Waals surface area contributed by atoms with Gasteiger partial charge in [0.15, 0.2) is 5.78 Å². The van der Waals surface area contributed by atoms with Crippen LogP contribution in [0, 0.1) is 6.92 Å². The Balaban J connectivity index is 1.55. The Morgan fingerprint density at radius 3 is 1.85 bits per heavy atom. The van der Waals surface area contributed by atoms with Crippen molar-refractivity contribution in [1.29, 1.82) is 0 Å². The molecule has 0 aliphatic heterocycles. The first-order chi connectivity index (χ1) is 13.2. The number of nitrogens with zero attached hydrogens (tertiary/aromatic N) is 1. The number of aromatic nitrogens is 1. The van der Waals surface area contributed by atoms with Crippen LogP contribution in [0.25, 0.3) is 22.4 Å². The van der Waals surface area contributed by atoms with Crippen molar-refractivity contribution >= 4 is 5.78 Å². The van der Waals surface area contributed by atoms with Gasteiger partial charge < -0.3 is 0 Å². The molecule has 0 N–H and O–H groups in total. The van der Waals surface area contributed by atoms with Crippen molar-refractivity contribution in [3.8, 4) is 22.4 Å². The van der Waals surface area contributed by atoms with Crippen molar-refractivity contribution < 1.29 is 4.79 Å². The molecular formula is C25H19NO. The van der Waals surface area contributed by atoms with E-state index in [1.165, 1.54) is 5.56 Å². The fourth-order valence-corrected chi connectivity index (χ4v) is 3.03. The van der Waals surface area contributed by atoms with E-state index in [-0.39, 0.29) is 5.78 Å². The molecule has 0 unspecified atom stereocenters. The van der Waals surface area contributed by atoms with Crippen molar-refractivity contribution in [1.82, 2.24) is 4.98 Å². The van der Waals surface area contributed by atoms with E-state index in [0.717, 1.165) is 22.4 Å². The highest BCUT2D eigenvalue weighted by atomic mass is 16.1. The van der Waals surface area contributed by atoms with E-state index in [2.05, 4.69) is 42.2 Å². The predicted octanol–water partition coefficient (Wildman–Crippen LogP) is 5.96. The molecule has 0 aliphatic carbocycles. The van der Waals surface area contributed by atoms with Crippen LogP contribution in [0.1, 0.15) is 21.5 Å². The number of ketones is 1. The summed E-state index contributed by atoms with van der Waals surface area (Å²) in [5.74, 6) is 0.0370. The van der Waals surface area contributed by atoms with Crippen molar-refractivity contribution in [2.24, 2.45) is 0 Å². The van der Waals surface area contributed by atoms with Gasteiger partial charge >= 0.3 is 0 Å². The molecule has 0 atom stereocenters. The summed E-state index contributed by atoms with van der Waals surface area (Å²) in [5, 5.41) is 0. The molecule has 27 heavy (non-hydrogen) atoms. The topological polar surface area (TPSA) is 30.0 Å². The van der Waals surface area contributed by atoms with Crippen molar-refractivity contribution in [3.05, 3.63) is 114 Å². The maximum atomic E-state index is 12.5. The summed E-state index contributed by atoms with van der Waals surface area (Å²) < 4.78 is 0. The van der Waals surface area contributed by atoms with E-state index >= 15 is 0 Å². The molecule has 2 nitrogen and oxygen atoms in total. The van der Waals surface area contributed by atoms with E-state index in [9.17, 15) is 4.79 Å². The average molecular weight is 349 g/mol. The molecule has 0 amide bonds. The lowest BCUT2D eigenvalue weighted by atomic mass is 10.00. The van der Waals surface area contributed by atoms with Crippen LogP contribution in [-0.2, 0) is 0 Å². The number of aryl methyl sites for hydroxylation is 1. The molecule has 4 aromatic rings. The molecule has 0 bridgehead atoms. The summed E-state index contributed by atoms with van der Waals surface area (Å²) in [5.41, 5.74) is 6.77. The van der Waals surface area contributed by atoms with Gasteiger partial charge in [0.1, 0.15) is 0 Å². The van der Waals surface area contributed by atoms with E-state index < -0.39 is 0 Å². The van der Waals surface area contributed by atoms with Crippen LogP contribution >= 0.6 is 0 Å². The molecule has 0 radical (unpaired) electrons. The maximum absolute atomic E-state index is 12.5. The van der Waals surface area contributed by atoms with Gasteiger partial charge in [-0.1, -0.05) is 90.5 Å². The molecular weight excluding hydrogens is 330 g/mol. The second kappa shape index (κ2) is 7.38. The molecule has 0 spiro atoms. The Morgan fingerprint density at radius 1 is 0.630 bits per heavy atom. The van der Waals surface area contributed by atoms with Gasteiger partial charge in [0, 0.05) is 28.5 Å². The quantitative estimate of drug-likeness (QED) is 0.426. The zero-order chi connectivity index (χ0) is 18.6. The molecule has 0 saturated carbocycles. The highest BCUT2D eigenvalue weighted by Crippen LogP contribution is 2.23. The summed E-state index contributed by atoms with van der Waals surface area (Å²) in [6, 6.07) is 29.5. The number of benzene rings is 3. The van der Waals surface area contributed by atoms with Crippen molar-refractivity contribution in [3.63, 3.8) is 0 Å². The van der Waals surface area contributed by atoms with Crippen LogP contribution in [0.2, 0.25) is 0 Å². The van der Waals surface area contributed by atoms with E-state index in [1.54, 1.807) is 0 Å². The minimum Gasteiger partial charge on any atom is -0.289 e. The minimum atomic E-state index is 0.0370. The Morgan fingerprint density at radius 2 is 1.22 bits per heavy atom. The summed E-state index contributed by atoms with van der Waals surface area (Å²) >= 11 is 0. The standard InChI is InChI=1S/C25H19NO/c1-18-7-9-20(10-8-18)24-16-15-23(17-26-24)19-11-13-22(14-12-19)25(27)21-5-3-2-4-6-21/h2-17H,1H3. The molecule has 4 rings (SSSR count). The van der Waals surface area contributed by atoms with Crippen LogP contribution in [0.15, 0.2) is 97.2 Å². The van der Waals surface area contributed by atoms with E-state index in [1.807, 2.05) is 66.9 Å². The first-order valence-electron chi connectivity index (χ1n) is 8.94. The lowest BCUT2D eigenvalue weighted by Gasteiger charge is -2.06. The smallest absolute Gasteiger partial charge is 0.193 e. The third-order valence-electron chi connectivity index (χ3n) is 4.63. The highest BCUT2D eigenvalue weighted by Gasteiger charge is 2.09. The third kappa shape index (κ3) is 3.70. The van der Waals surface area contributed by atoms with Crippen LogP contribution in [0.5, 0.6) is 0 Å². The van der Waals surface area contributed by atoms with Gasteiger partial charge in [-0.05, 0) is 18.6 Å². The van der Waals surface area contributed by atoms with Gasteiger partial charge in [0.05, 0.1) is 5.69 Å². The van der Waals surface area contributed by atoms with Gasteiger partial charge in [0.2, 0.25) is 0 Å². The van der Waals surface area contributed by atoms with Crippen LogP contribution in [0.3, 0.4) is 0 Å². The van der Waals surface area contributed by atoms with Crippen LogP contribution in [0.4, 0.5) is 0 Å². The SMILES string of the molecule is Cc1ccc(-c2ccc(-c3ccc(C(=O)c4ccccc4)cc3)cn2)cc1. The second-order valence-electron chi connectivity index (χ2n) is 6.57. The number of pyridine rings is 1. The molecule has 1 aromatic heterocycles. The lowest BCUT2D eigenvalue weighted by Crippen LogP contribution is -2.00. The Kier molecular flexibility index (Phi) is 4.63. The number of hydrogen-bond donors (Lipinski definition) is 0. The fourth-order valence-electron chi connectivity index (χ4n) is 3.03. The zero-order valence-corrected chi connectivity index (χ0v) is 15.1. The van der Waals surface area contributed by atoms with Gasteiger partial charge in [-0.3, -0.25) is 9.78 Å². The minimum absolute atomic E-state index is 0.0370. The van der Waals surface area contributed by atoms with Gasteiger partial charge in [-0.2, -0.15) is 0 Å². The molecule has 1 heterocycles. The van der Waals surface area contributed by atoms with Gasteiger partial charge in [-0.15, -0.1) is 0 Å². The number of carbonyl (C=O) groups is 1. The molecule has 3 aromatic carbocycles. The summed E-state index contributed by atoms with van der Waals surface area (Å²) in [6.45, 7) is 2.08. The average Bonchev–Trinajstić information content (AvgIpc) is 2.75. The Labute approximate surface area is 159 Å². The summed E-state index contributed by atoms with van der Waals surface area (Å²) in [6.07, 6.45) is 1.88. The normalized spacial score (nSPS) is 10.6. The predicted molar refractivity (Wildman–Crippen MR) is 110 cm³/mol. The monoisotopic (exact) mass is 349 g/mol. The molecule has 2 heteroatoms. The highest BCUT2D eigenvalue weighted by molar-refractivity contribution is 6.09. The summed E-state index contributed by atoms with van der Waals surface area (Å²) in [7, 11) is 0. The first kappa shape index (κ1) is 16.9. The second-order valence-corrected chi connectivity index (χ2v) is 6.57. The fraction of sp³-hybridized carbons (Fsp3) is 0.0400. The number of rotatable bonds is 4. The largest absolute Gasteiger partial charge is 0.289 e. The molecule has 0 fully saturated rings. The Bertz CT molecular complexity index is 1050. The molecule has 0 aliphatic rings. The first-order valence-corrected chi connectivity index (χ1v) is 8.94. The molecule has 0 saturated heterocycles. The van der Waals surface area contributed by atoms with E-state index in [0.29, 0.717) is 11.1 Å². The van der Waals surface area contributed by atoms with Crippen molar-refractivity contribution in [2.75, 3.05) is 0 Å². The zero-order valence-electron chi connectivity index (χ0n) is 15.1. The Hall–Kier alpha value is -3.52. The summed E-state index contributed by atoms with van der Waals surface area (Å²) in [4.78, 5) is 17.1. The lowest BCUT2D eigenvalue weighted by molar-refractivity contribution is 0.103. The maximum Gasteiger partial charge on any atom is 0.193 e. The number of hydrogen-bond acceptors (Lipinski definition) is 2. The van der Waals surface area contributed by atoms with Crippen LogP contribution in [-0.4, -0.2) is 10.8 Å². The number of carbonyl (C=O) groups excluding carboxylic acids is 1.